The van der Waals surface area contributed by atoms with E-state index in [1.807, 2.05) is 24.4 Å². The first kappa shape index (κ1) is 22.7. The number of aromatic nitrogens is 1. The standard InChI is InChI=1S/C14H15N.CHF3O3S.Ir/c1-11(2)13-8-9-14(15-10-13)12-6-4-3-5-7-12;2-1(3,4)8(5,6)7;/h3-11H,1-2H3;(H,5,6,7);. The first-order valence-corrected chi connectivity index (χ1v) is 8.01. The van der Waals surface area contributed by atoms with Gasteiger partial charge in [0.15, 0.2) is 0 Å². The molecule has 1 aromatic heterocycles. The Hall–Kier alpha value is -1.28. The molecule has 0 amide bonds. The Balaban J connectivity index is 0.000000510. The molecule has 0 spiro atoms. The topological polar surface area (TPSA) is 67.3 Å². The predicted molar refractivity (Wildman–Crippen MR) is 81.4 cm³/mol. The van der Waals surface area contributed by atoms with Gasteiger partial charge in [0.05, 0.1) is 5.69 Å². The van der Waals surface area contributed by atoms with Gasteiger partial charge in [-0.25, -0.2) is 0 Å². The fraction of sp³-hybridized carbons (Fsp3) is 0.267. The number of hydrogen-bond acceptors (Lipinski definition) is 3. The average molecular weight is 540 g/mol. The van der Waals surface area contributed by atoms with Crippen LogP contribution in [0.5, 0.6) is 0 Å². The van der Waals surface area contributed by atoms with Crippen molar-refractivity contribution in [3.05, 3.63) is 54.2 Å². The van der Waals surface area contributed by atoms with E-state index in [0.29, 0.717) is 5.92 Å². The predicted octanol–water partition coefficient (Wildman–Crippen LogP) is 4.26. The summed E-state index contributed by atoms with van der Waals surface area (Å²) in [6.45, 7) is 4.36. The van der Waals surface area contributed by atoms with Crippen LogP contribution in [-0.2, 0) is 30.2 Å². The summed E-state index contributed by atoms with van der Waals surface area (Å²) in [6.07, 6.45) is 1.97. The summed E-state index contributed by atoms with van der Waals surface area (Å²) in [5.74, 6) is 0.544. The largest absolute Gasteiger partial charge is 0.522 e. The molecule has 1 heterocycles. The number of rotatable bonds is 2. The fourth-order valence-corrected chi connectivity index (χ4v) is 1.53. The summed E-state index contributed by atoms with van der Waals surface area (Å²) in [7, 11) is -5.84. The molecule has 1 radical (unpaired) electrons. The molecule has 0 bridgehead atoms. The van der Waals surface area contributed by atoms with Crippen molar-refractivity contribution in [3.8, 4) is 11.3 Å². The molecule has 1 N–H and O–H groups in total. The summed E-state index contributed by atoms with van der Waals surface area (Å²) in [5.41, 5.74) is -2.03. The van der Waals surface area contributed by atoms with Crippen LogP contribution in [0.4, 0.5) is 13.2 Å². The molecule has 2 rings (SSSR count). The van der Waals surface area contributed by atoms with Crippen LogP contribution in [0.3, 0.4) is 0 Å². The second-order valence-electron chi connectivity index (χ2n) is 4.92. The van der Waals surface area contributed by atoms with Crippen LogP contribution in [0.2, 0.25) is 0 Å². The quantitative estimate of drug-likeness (QED) is 0.458. The zero-order chi connectivity index (χ0) is 17.7. The number of benzene rings is 1. The van der Waals surface area contributed by atoms with Gasteiger partial charge in [0.1, 0.15) is 0 Å². The Morgan fingerprint density at radius 3 is 1.88 bits per heavy atom. The molecule has 0 aliphatic rings. The average Bonchev–Trinajstić information content (AvgIpc) is 2.47. The zero-order valence-electron chi connectivity index (χ0n) is 12.8. The maximum absolute atomic E-state index is 10.7. The number of nitrogens with zero attached hydrogens (tertiary/aromatic N) is 1. The van der Waals surface area contributed by atoms with Crippen LogP contribution in [0.25, 0.3) is 11.3 Å². The van der Waals surface area contributed by atoms with Gasteiger partial charge in [-0.2, -0.15) is 21.6 Å². The molecule has 0 aliphatic carbocycles. The third-order valence-corrected chi connectivity index (χ3v) is 3.40. The fourth-order valence-electron chi connectivity index (χ4n) is 1.53. The molecule has 135 valence electrons. The second kappa shape index (κ2) is 9.27. The van der Waals surface area contributed by atoms with E-state index in [1.165, 1.54) is 11.1 Å². The molecule has 24 heavy (non-hydrogen) atoms. The Morgan fingerprint density at radius 2 is 1.54 bits per heavy atom. The summed E-state index contributed by atoms with van der Waals surface area (Å²) in [6, 6.07) is 14.5. The smallest absolute Gasteiger partial charge is 0.279 e. The van der Waals surface area contributed by atoms with Gasteiger partial charge in [0.2, 0.25) is 0 Å². The summed E-state index contributed by atoms with van der Waals surface area (Å²) in [4.78, 5) is 4.47. The Labute approximate surface area is 152 Å². The van der Waals surface area contributed by atoms with E-state index < -0.39 is 15.6 Å². The first-order chi connectivity index (χ1) is 10.5. The maximum Gasteiger partial charge on any atom is 0.522 e. The van der Waals surface area contributed by atoms with E-state index in [4.69, 9.17) is 13.0 Å². The molecule has 0 fully saturated rings. The minimum atomic E-state index is -5.84. The van der Waals surface area contributed by atoms with E-state index in [0.717, 1.165) is 5.69 Å². The summed E-state index contributed by atoms with van der Waals surface area (Å²) >= 11 is 0. The molecular formula is C15H16F3IrNO3S. The molecule has 4 nitrogen and oxygen atoms in total. The third-order valence-electron chi connectivity index (χ3n) is 2.82. The Bertz CT molecular complexity index is 718. The van der Waals surface area contributed by atoms with Gasteiger partial charge in [-0.1, -0.05) is 50.2 Å². The number of halogens is 3. The number of hydrogen-bond donors (Lipinski definition) is 1. The van der Waals surface area contributed by atoms with Crippen LogP contribution in [0.15, 0.2) is 48.7 Å². The van der Waals surface area contributed by atoms with Crippen LogP contribution >= 0.6 is 0 Å². The van der Waals surface area contributed by atoms with Crippen molar-refractivity contribution in [2.24, 2.45) is 0 Å². The Kier molecular flexibility index (Phi) is 8.77. The van der Waals surface area contributed by atoms with Crippen molar-refractivity contribution in [2.45, 2.75) is 25.3 Å². The van der Waals surface area contributed by atoms with Crippen LogP contribution < -0.4 is 0 Å². The third kappa shape index (κ3) is 7.09. The van der Waals surface area contributed by atoms with E-state index in [-0.39, 0.29) is 20.1 Å². The van der Waals surface area contributed by atoms with Crippen molar-refractivity contribution < 1.29 is 46.2 Å². The van der Waals surface area contributed by atoms with E-state index in [1.54, 1.807) is 0 Å². The number of alkyl halides is 3. The number of pyridine rings is 1. The van der Waals surface area contributed by atoms with Crippen molar-refractivity contribution in [2.75, 3.05) is 0 Å². The molecule has 0 saturated carbocycles. The minimum absolute atomic E-state index is 0. The monoisotopic (exact) mass is 540 g/mol. The molecule has 0 saturated heterocycles. The molecular weight excluding hydrogens is 523 g/mol. The van der Waals surface area contributed by atoms with E-state index in [2.05, 4.69) is 43.1 Å². The van der Waals surface area contributed by atoms with Gasteiger partial charge in [0.25, 0.3) is 0 Å². The van der Waals surface area contributed by atoms with E-state index in [9.17, 15) is 13.2 Å². The second-order valence-corrected chi connectivity index (χ2v) is 6.33. The van der Waals surface area contributed by atoms with E-state index >= 15 is 0 Å². The first-order valence-electron chi connectivity index (χ1n) is 6.57. The van der Waals surface area contributed by atoms with Gasteiger partial charge < -0.3 is 0 Å². The van der Waals surface area contributed by atoms with Crippen molar-refractivity contribution in [3.63, 3.8) is 0 Å². The zero-order valence-corrected chi connectivity index (χ0v) is 16.0. The van der Waals surface area contributed by atoms with Gasteiger partial charge in [-0.15, -0.1) is 0 Å². The Morgan fingerprint density at radius 1 is 1.04 bits per heavy atom. The SMILES string of the molecule is CC(C)c1ccc(-c2ccccc2)nc1.O=S(=O)(O)C(F)(F)F.[Ir]. The normalized spacial score (nSPS) is 11.3. The molecule has 0 atom stereocenters. The van der Waals surface area contributed by atoms with Crippen molar-refractivity contribution >= 4 is 10.1 Å². The van der Waals surface area contributed by atoms with Crippen molar-refractivity contribution in [1.82, 2.24) is 4.98 Å². The van der Waals surface area contributed by atoms with Gasteiger partial charge in [0, 0.05) is 31.9 Å². The van der Waals surface area contributed by atoms with Crippen LogP contribution in [0, 0.1) is 0 Å². The molecule has 0 aliphatic heterocycles. The summed E-state index contributed by atoms with van der Waals surface area (Å²) in [5, 5.41) is 0. The van der Waals surface area contributed by atoms with Crippen LogP contribution in [-0.4, -0.2) is 23.5 Å². The maximum atomic E-state index is 10.7. The van der Waals surface area contributed by atoms with Crippen molar-refractivity contribution in [1.29, 1.82) is 0 Å². The van der Waals surface area contributed by atoms with Crippen LogP contribution in [0.1, 0.15) is 25.3 Å². The molecule has 2 aromatic rings. The molecule has 1 aromatic carbocycles. The molecule has 0 unspecified atom stereocenters. The summed E-state index contributed by atoms with van der Waals surface area (Å²) < 4.78 is 57.5. The van der Waals surface area contributed by atoms with Gasteiger partial charge in [-0.05, 0) is 17.5 Å². The minimum Gasteiger partial charge on any atom is -0.279 e. The van der Waals surface area contributed by atoms with Gasteiger partial charge in [-0.3, -0.25) is 9.54 Å². The molecule has 9 heteroatoms. The van der Waals surface area contributed by atoms with Gasteiger partial charge >= 0.3 is 15.6 Å².